The van der Waals surface area contributed by atoms with Crippen molar-refractivity contribution in [2.45, 2.75) is 56.9 Å². The maximum Gasteiger partial charge on any atom is 0.243 e. The van der Waals surface area contributed by atoms with Gasteiger partial charge in [-0.3, -0.25) is 0 Å². The van der Waals surface area contributed by atoms with Crippen LogP contribution >= 0.6 is 15.9 Å². The molecule has 1 aromatic carbocycles. The van der Waals surface area contributed by atoms with Gasteiger partial charge in [0, 0.05) is 17.9 Å². The summed E-state index contributed by atoms with van der Waals surface area (Å²) < 4.78 is 27.6. The molecule has 3 nitrogen and oxygen atoms in total. The molecular formula is C16H24BrNO2S. The third-order valence-electron chi connectivity index (χ3n) is 4.33. The van der Waals surface area contributed by atoms with Gasteiger partial charge in [0.1, 0.15) is 0 Å². The van der Waals surface area contributed by atoms with Crippen molar-refractivity contribution in [3.8, 4) is 0 Å². The first-order valence-electron chi connectivity index (χ1n) is 7.74. The second-order valence-electron chi connectivity index (χ2n) is 5.56. The molecule has 0 bridgehead atoms. The maximum atomic E-state index is 13.0. The van der Waals surface area contributed by atoms with E-state index in [1.807, 2.05) is 26.0 Å². The molecule has 1 aromatic rings. The van der Waals surface area contributed by atoms with Crippen LogP contribution in [0.3, 0.4) is 0 Å². The smallest absolute Gasteiger partial charge is 0.207 e. The van der Waals surface area contributed by atoms with Crippen LogP contribution in [0.4, 0.5) is 0 Å². The number of sulfonamides is 1. The molecule has 2 rings (SSSR count). The molecule has 0 aliphatic heterocycles. The first kappa shape index (κ1) is 17.0. The highest BCUT2D eigenvalue weighted by Crippen LogP contribution is 2.28. The van der Waals surface area contributed by atoms with Gasteiger partial charge in [0.15, 0.2) is 0 Å². The van der Waals surface area contributed by atoms with Crippen LogP contribution in [0, 0.1) is 0 Å². The van der Waals surface area contributed by atoms with Crippen LogP contribution in [0.25, 0.3) is 0 Å². The number of nitrogens with zero attached hydrogens (tertiary/aromatic N) is 1. The summed E-state index contributed by atoms with van der Waals surface area (Å²) in [6.45, 7) is 4.62. The van der Waals surface area contributed by atoms with Crippen LogP contribution in [0.2, 0.25) is 0 Å². The van der Waals surface area contributed by atoms with Crippen LogP contribution in [0.1, 0.15) is 44.2 Å². The summed E-state index contributed by atoms with van der Waals surface area (Å²) in [5.74, 6) is 0. The predicted molar refractivity (Wildman–Crippen MR) is 90.5 cm³/mol. The average Bonchev–Trinajstić information content (AvgIpc) is 2.94. The first-order valence-corrected chi connectivity index (χ1v) is 10.3. The Morgan fingerprint density at radius 1 is 1.19 bits per heavy atom. The van der Waals surface area contributed by atoms with Crippen LogP contribution in [0.15, 0.2) is 23.1 Å². The molecule has 1 aliphatic rings. The van der Waals surface area contributed by atoms with E-state index in [0.717, 1.165) is 32.1 Å². The second kappa shape index (κ2) is 7.25. The van der Waals surface area contributed by atoms with E-state index < -0.39 is 10.0 Å². The molecule has 0 radical (unpaired) electrons. The first-order chi connectivity index (χ1) is 10.0. The summed E-state index contributed by atoms with van der Waals surface area (Å²) in [7, 11) is -3.40. The van der Waals surface area contributed by atoms with E-state index in [4.69, 9.17) is 0 Å². The number of halogens is 1. The number of alkyl halides is 1. The highest BCUT2D eigenvalue weighted by atomic mass is 79.9. The Kier molecular flexibility index (Phi) is 5.86. The number of benzene rings is 1. The van der Waals surface area contributed by atoms with E-state index in [1.54, 1.807) is 10.4 Å². The number of rotatable bonds is 7. The minimum absolute atomic E-state index is 0.0702. The third kappa shape index (κ3) is 3.51. The zero-order valence-electron chi connectivity index (χ0n) is 12.8. The van der Waals surface area contributed by atoms with Crippen molar-refractivity contribution in [1.82, 2.24) is 4.31 Å². The monoisotopic (exact) mass is 373 g/mol. The molecule has 0 heterocycles. The summed E-state index contributed by atoms with van der Waals surface area (Å²) in [5, 5.41) is 0.660. The molecule has 118 valence electrons. The zero-order chi connectivity index (χ0) is 15.5. The van der Waals surface area contributed by atoms with Crippen molar-refractivity contribution in [2.24, 2.45) is 0 Å². The third-order valence-corrected chi connectivity index (χ3v) is 6.63. The van der Waals surface area contributed by atoms with Crippen molar-refractivity contribution in [1.29, 1.82) is 0 Å². The Hall–Kier alpha value is -0.390. The number of hydrogen-bond acceptors (Lipinski definition) is 2. The van der Waals surface area contributed by atoms with Crippen LogP contribution in [-0.4, -0.2) is 30.6 Å². The normalized spacial score (nSPS) is 14.9. The zero-order valence-corrected chi connectivity index (χ0v) is 15.2. The summed E-state index contributed by atoms with van der Waals surface area (Å²) in [6, 6.07) is 5.74. The van der Waals surface area contributed by atoms with Gasteiger partial charge in [-0.1, -0.05) is 35.8 Å². The molecule has 5 heteroatoms. The topological polar surface area (TPSA) is 37.4 Å². The SMILES string of the molecule is CCC(CC)N(CCBr)S(=O)(=O)c1ccc2c(c1)CCC2. The molecule has 0 aromatic heterocycles. The fourth-order valence-electron chi connectivity index (χ4n) is 3.12. The van der Waals surface area contributed by atoms with Gasteiger partial charge in [-0.2, -0.15) is 4.31 Å². The lowest BCUT2D eigenvalue weighted by atomic mass is 10.1. The minimum Gasteiger partial charge on any atom is -0.207 e. The quantitative estimate of drug-likeness (QED) is 0.682. The molecule has 21 heavy (non-hydrogen) atoms. The summed E-state index contributed by atoms with van der Waals surface area (Å²) in [5.41, 5.74) is 2.52. The Labute approximate surface area is 136 Å². The molecule has 0 saturated carbocycles. The number of fused-ring (bicyclic) bond motifs is 1. The maximum absolute atomic E-state index is 13.0. The summed E-state index contributed by atoms with van der Waals surface area (Å²) >= 11 is 3.39. The highest BCUT2D eigenvalue weighted by Gasteiger charge is 2.30. The van der Waals surface area contributed by atoms with Crippen molar-refractivity contribution in [2.75, 3.05) is 11.9 Å². The number of aryl methyl sites for hydroxylation is 2. The van der Waals surface area contributed by atoms with E-state index in [1.165, 1.54) is 11.1 Å². The molecular weight excluding hydrogens is 350 g/mol. The van der Waals surface area contributed by atoms with Crippen molar-refractivity contribution in [3.63, 3.8) is 0 Å². The van der Waals surface area contributed by atoms with Crippen molar-refractivity contribution < 1.29 is 8.42 Å². The van der Waals surface area contributed by atoms with Crippen LogP contribution < -0.4 is 0 Å². The second-order valence-corrected chi connectivity index (χ2v) is 8.24. The molecule has 0 saturated heterocycles. The Morgan fingerprint density at radius 3 is 2.48 bits per heavy atom. The molecule has 1 aliphatic carbocycles. The Bertz CT molecular complexity index is 582. The van der Waals surface area contributed by atoms with E-state index in [2.05, 4.69) is 15.9 Å². The van der Waals surface area contributed by atoms with Gasteiger partial charge < -0.3 is 0 Å². The van der Waals surface area contributed by atoms with Crippen molar-refractivity contribution in [3.05, 3.63) is 29.3 Å². The van der Waals surface area contributed by atoms with E-state index in [0.29, 0.717) is 16.8 Å². The van der Waals surface area contributed by atoms with Crippen molar-refractivity contribution >= 4 is 26.0 Å². The Balaban J connectivity index is 2.38. The van der Waals surface area contributed by atoms with Gasteiger partial charge in [0.25, 0.3) is 0 Å². The lowest BCUT2D eigenvalue weighted by molar-refractivity contribution is 0.317. The molecule has 0 atom stereocenters. The Morgan fingerprint density at radius 2 is 1.86 bits per heavy atom. The summed E-state index contributed by atoms with van der Waals surface area (Å²) in [6.07, 6.45) is 4.90. The molecule has 0 amide bonds. The van der Waals surface area contributed by atoms with Gasteiger partial charge in [-0.15, -0.1) is 0 Å². The van der Waals surface area contributed by atoms with Gasteiger partial charge >= 0.3 is 0 Å². The van der Waals surface area contributed by atoms with Crippen LogP contribution in [0.5, 0.6) is 0 Å². The van der Waals surface area contributed by atoms with Gasteiger partial charge in [0.05, 0.1) is 4.90 Å². The fraction of sp³-hybridized carbons (Fsp3) is 0.625. The average molecular weight is 374 g/mol. The van der Waals surface area contributed by atoms with Crippen LogP contribution in [-0.2, 0) is 22.9 Å². The highest BCUT2D eigenvalue weighted by molar-refractivity contribution is 9.09. The van der Waals surface area contributed by atoms with Gasteiger partial charge in [0.2, 0.25) is 10.0 Å². The fourth-order valence-corrected chi connectivity index (χ4v) is 5.56. The molecule has 0 N–H and O–H groups in total. The summed E-state index contributed by atoms with van der Waals surface area (Å²) in [4.78, 5) is 0.455. The largest absolute Gasteiger partial charge is 0.243 e. The van der Waals surface area contributed by atoms with E-state index in [-0.39, 0.29) is 6.04 Å². The van der Waals surface area contributed by atoms with Gasteiger partial charge in [-0.05, 0) is 55.4 Å². The minimum atomic E-state index is -3.40. The lowest BCUT2D eigenvalue weighted by Crippen LogP contribution is -2.40. The van der Waals surface area contributed by atoms with E-state index in [9.17, 15) is 8.42 Å². The predicted octanol–water partition coefficient (Wildman–Crippen LogP) is 3.75. The van der Waals surface area contributed by atoms with Gasteiger partial charge in [-0.25, -0.2) is 8.42 Å². The van der Waals surface area contributed by atoms with E-state index >= 15 is 0 Å². The standard InChI is InChI=1S/C16H24BrNO2S/c1-3-15(4-2)18(11-10-17)21(19,20)16-9-8-13-6-5-7-14(13)12-16/h8-9,12,15H,3-7,10-11H2,1-2H3. The molecule has 0 spiro atoms. The lowest BCUT2D eigenvalue weighted by Gasteiger charge is -2.29. The molecule has 0 unspecified atom stereocenters. The molecule has 0 fully saturated rings. The number of hydrogen-bond donors (Lipinski definition) is 0.